The zero-order chi connectivity index (χ0) is 22.3. The fourth-order valence-electron chi connectivity index (χ4n) is 3.72. The molecule has 1 aromatic carbocycles. The van der Waals surface area contributed by atoms with Gasteiger partial charge < -0.3 is 10.1 Å². The lowest BCUT2D eigenvalue weighted by Gasteiger charge is -2.32. The second-order valence-electron chi connectivity index (χ2n) is 7.71. The van der Waals surface area contributed by atoms with Crippen molar-refractivity contribution in [1.82, 2.24) is 25.2 Å². The maximum absolute atomic E-state index is 12.6. The molecule has 1 N–H and O–H groups in total. The first-order valence-electron chi connectivity index (χ1n) is 10.6. The number of nitrogens with zero attached hydrogens (tertiary/aromatic N) is 4. The Morgan fingerprint density at radius 3 is 2.50 bits per heavy atom. The number of rotatable bonds is 6. The number of benzene rings is 1. The summed E-state index contributed by atoms with van der Waals surface area (Å²) < 4.78 is 4.75. The zero-order valence-corrected chi connectivity index (χ0v) is 17.9. The van der Waals surface area contributed by atoms with Gasteiger partial charge in [0.25, 0.3) is 5.91 Å². The Hall–Kier alpha value is -3.65. The number of hydrogen-bond donors (Lipinski definition) is 1. The number of aromatic nitrogens is 3. The van der Waals surface area contributed by atoms with E-state index in [9.17, 15) is 9.59 Å². The van der Waals surface area contributed by atoms with Gasteiger partial charge in [0, 0.05) is 49.8 Å². The predicted octanol–water partition coefficient (Wildman–Crippen LogP) is 2.72. The van der Waals surface area contributed by atoms with Crippen LogP contribution in [0.15, 0.2) is 61.1 Å². The number of carbonyl (C=O) groups excluding carboxylic acids is 2. The van der Waals surface area contributed by atoms with Crippen LogP contribution in [0.1, 0.15) is 39.3 Å². The van der Waals surface area contributed by atoms with Gasteiger partial charge in [0.2, 0.25) is 0 Å². The smallest absolute Gasteiger partial charge is 0.337 e. The highest BCUT2D eigenvalue weighted by Gasteiger charge is 2.22. The van der Waals surface area contributed by atoms with Crippen LogP contribution in [0, 0.1) is 0 Å². The lowest BCUT2D eigenvalue weighted by molar-refractivity contribution is 0.0600. The molecule has 0 radical (unpaired) electrons. The maximum Gasteiger partial charge on any atom is 0.337 e. The van der Waals surface area contributed by atoms with Gasteiger partial charge >= 0.3 is 5.97 Å². The first kappa shape index (κ1) is 21.6. The minimum absolute atomic E-state index is 0.124. The van der Waals surface area contributed by atoms with E-state index in [1.807, 2.05) is 24.4 Å². The first-order chi connectivity index (χ1) is 15.6. The number of ether oxygens (including phenoxy) is 1. The molecule has 8 nitrogen and oxygen atoms in total. The molecule has 4 rings (SSSR count). The van der Waals surface area contributed by atoms with Gasteiger partial charge in [-0.25, -0.2) is 14.8 Å². The van der Waals surface area contributed by atoms with Crippen LogP contribution < -0.4 is 5.32 Å². The van der Waals surface area contributed by atoms with Crippen molar-refractivity contribution in [3.63, 3.8) is 0 Å². The van der Waals surface area contributed by atoms with Crippen LogP contribution >= 0.6 is 0 Å². The number of amides is 1. The fraction of sp³-hybridized carbons (Fsp3) is 0.292. The van der Waals surface area contributed by atoms with Gasteiger partial charge in [0.1, 0.15) is 0 Å². The van der Waals surface area contributed by atoms with Gasteiger partial charge in [0.15, 0.2) is 5.82 Å². The SMILES string of the molecule is COC(=O)c1cccc(-c2ncc(C(=O)NC3CCN(Cc4ccccn4)CC3)cn2)c1. The number of nitrogens with one attached hydrogen (secondary N) is 1. The summed E-state index contributed by atoms with van der Waals surface area (Å²) in [5.74, 6) is -0.160. The molecular formula is C24H25N5O3. The average molecular weight is 431 g/mol. The molecule has 1 amide bonds. The van der Waals surface area contributed by atoms with Crippen LogP contribution in [0.2, 0.25) is 0 Å². The second-order valence-corrected chi connectivity index (χ2v) is 7.71. The Bertz CT molecular complexity index is 1060. The number of piperidine rings is 1. The molecule has 0 spiro atoms. The quantitative estimate of drug-likeness (QED) is 0.599. The molecule has 8 heteroatoms. The minimum Gasteiger partial charge on any atom is -0.465 e. The van der Waals surface area contributed by atoms with E-state index in [-0.39, 0.29) is 11.9 Å². The van der Waals surface area contributed by atoms with Crippen molar-refractivity contribution in [2.45, 2.75) is 25.4 Å². The first-order valence-corrected chi connectivity index (χ1v) is 10.6. The number of esters is 1. The van der Waals surface area contributed by atoms with Crippen molar-refractivity contribution >= 4 is 11.9 Å². The highest BCUT2D eigenvalue weighted by atomic mass is 16.5. The summed E-state index contributed by atoms with van der Waals surface area (Å²) in [6, 6.07) is 13.0. The molecular weight excluding hydrogens is 406 g/mol. The van der Waals surface area contributed by atoms with Crippen molar-refractivity contribution in [2.24, 2.45) is 0 Å². The van der Waals surface area contributed by atoms with Crippen LogP contribution in [0.3, 0.4) is 0 Å². The topological polar surface area (TPSA) is 97.3 Å². The number of methoxy groups -OCH3 is 1. The number of likely N-dealkylation sites (tertiary alicyclic amines) is 1. The van der Waals surface area contributed by atoms with Crippen molar-refractivity contribution in [3.05, 3.63) is 77.9 Å². The Morgan fingerprint density at radius 1 is 1.03 bits per heavy atom. The fourth-order valence-corrected chi connectivity index (χ4v) is 3.72. The third-order valence-corrected chi connectivity index (χ3v) is 5.49. The largest absolute Gasteiger partial charge is 0.465 e. The van der Waals surface area contributed by atoms with E-state index < -0.39 is 5.97 Å². The molecule has 0 atom stereocenters. The molecule has 1 aliphatic heterocycles. The van der Waals surface area contributed by atoms with Crippen molar-refractivity contribution in [2.75, 3.05) is 20.2 Å². The second kappa shape index (κ2) is 10.1. The van der Waals surface area contributed by atoms with Gasteiger partial charge in [-0.1, -0.05) is 18.2 Å². The van der Waals surface area contributed by atoms with Gasteiger partial charge in [-0.05, 0) is 37.1 Å². The molecule has 1 fully saturated rings. The van der Waals surface area contributed by atoms with Crippen molar-refractivity contribution < 1.29 is 14.3 Å². The maximum atomic E-state index is 12.6. The van der Waals surface area contributed by atoms with Crippen LogP contribution in [-0.2, 0) is 11.3 Å². The summed E-state index contributed by atoms with van der Waals surface area (Å²) in [5, 5.41) is 3.09. The van der Waals surface area contributed by atoms with Crippen LogP contribution in [0.4, 0.5) is 0 Å². The Morgan fingerprint density at radius 2 is 1.81 bits per heavy atom. The predicted molar refractivity (Wildman–Crippen MR) is 119 cm³/mol. The van der Waals surface area contributed by atoms with Crippen molar-refractivity contribution in [3.8, 4) is 11.4 Å². The summed E-state index contributed by atoms with van der Waals surface area (Å²) in [6.07, 6.45) is 6.61. The Kier molecular flexibility index (Phi) is 6.81. The summed E-state index contributed by atoms with van der Waals surface area (Å²) >= 11 is 0. The number of pyridine rings is 1. The molecule has 32 heavy (non-hydrogen) atoms. The zero-order valence-electron chi connectivity index (χ0n) is 17.9. The molecule has 0 bridgehead atoms. The molecule has 0 unspecified atom stereocenters. The summed E-state index contributed by atoms with van der Waals surface area (Å²) in [5.41, 5.74) is 2.57. The normalized spacial score (nSPS) is 14.7. The van der Waals surface area contributed by atoms with Gasteiger partial charge in [-0.3, -0.25) is 14.7 Å². The molecule has 1 aliphatic rings. The van der Waals surface area contributed by atoms with E-state index >= 15 is 0 Å². The van der Waals surface area contributed by atoms with E-state index in [1.165, 1.54) is 19.5 Å². The van der Waals surface area contributed by atoms with Gasteiger partial charge in [0.05, 0.1) is 23.9 Å². The van der Waals surface area contributed by atoms with Crippen LogP contribution in [0.25, 0.3) is 11.4 Å². The van der Waals surface area contributed by atoms with Crippen LogP contribution in [0.5, 0.6) is 0 Å². The van der Waals surface area contributed by atoms with E-state index in [2.05, 4.69) is 25.2 Å². The Balaban J connectivity index is 1.31. The molecule has 0 aliphatic carbocycles. The number of hydrogen-bond acceptors (Lipinski definition) is 7. The third kappa shape index (κ3) is 5.33. The molecule has 0 saturated carbocycles. The molecule has 164 valence electrons. The molecule has 3 aromatic rings. The third-order valence-electron chi connectivity index (χ3n) is 5.49. The van der Waals surface area contributed by atoms with E-state index in [0.29, 0.717) is 22.5 Å². The minimum atomic E-state index is -0.422. The van der Waals surface area contributed by atoms with Gasteiger partial charge in [-0.2, -0.15) is 0 Å². The highest BCUT2D eigenvalue weighted by Crippen LogP contribution is 2.17. The Labute approximate surface area is 186 Å². The van der Waals surface area contributed by atoms with Gasteiger partial charge in [-0.15, -0.1) is 0 Å². The molecule has 3 heterocycles. The molecule has 2 aromatic heterocycles. The summed E-state index contributed by atoms with van der Waals surface area (Å²) in [6.45, 7) is 2.65. The lowest BCUT2D eigenvalue weighted by atomic mass is 10.0. The average Bonchev–Trinajstić information content (AvgIpc) is 2.85. The highest BCUT2D eigenvalue weighted by molar-refractivity contribution is 5.94. The standard InChI is InChI=1S/C24H25N5O3/c1-32-24(31)18-6-4-5-17(13-18)22-26-14-19(15-27-22)23(30)28-20-8-11-29(12-9-20)16-21-7-2-3-10-25-21/h2-7,10,13-15,20H,8-9,11-12,16H2,1H3,(H,28,30). The number of carbonyl (C=O) groups is 2. The van der Waals surface area contributed by atoms with Crippen molar-refractivity contribution in [1.29, 1.82) is 0 Å². The molecule has 1 saturated heterocycles. The van der Waals surface area contributed by atoms with Crippen LogP contribution in [-0.4, -0.2) is 58.0 Å². The lowest BCUT2D eigenvalue weighted by Crippen LogP contribution is -2.44. The van der Waals surface area contributed by atoms with E-state index in [1.54, 1.807) is 24.3 Å². The summed E-state index contributed by atoms with van der Waals surface area (Å²) in [7, 11) is 1.34. The monoisotopic (exact) mass is 431 g/mol. The summed E-state index contributed by atoms with van der Waals surface area (Å²) in [4.78, 5) is 39.7. The van der Waals surface area contributed by atoms with E-state index in [4.69, 9.17) is 4.74 Å². The van der Waals surface area contributed by atoms with E-state index in [0.717, 1.165) is 38.2 Å².